The summed E-state index contributed by atoms with van der Waals surface area (Å²) in [6.45, 7) is 5.96. The second-order valence-electron chi connectivity index (χ2n) is 6.19. The van der Waals surface area contributed by atoms with Gasteiger partial charge in [0, 0.05) is 42.5 Å². The van der Waals surface area contributed by atoms with Crippen molar-refractivity contribution in [1.29, 1.82) is 0 Å². The van der Waals surface area contributed by atoms with Gasteiger partial charge in [-0.15, -0.1) is 0 Å². The van der Waals surface area contributed by atoms with Crippen LogP contribution < -0.4 is 9.80 Å². The van der Waals surface area contributed by atoms with E-state index in [0.29, 0.717) is 11.5 Å². The summed E-state index contributed by atoms with van der Waals surface area (Å²) in [6, 6.07) is 22.2. The number of rotatable bonds is 2. The second kappa shape index (κ2) is 4.27. The summed E-state index contributed by atoms with van der Waals surface area (Å²) in [6.07, 6.45) is 0. The molecular formula is C18H20N2. The summed E-state index contributed by atoms with van der Waals surface area (Å²) in [5.74, 6) is 0. The Morgan fingerprint density at radius 1 is 0.800 bits per heavy atom. The van der Waals surface area contributed by atoms with Gasteiger partial charge in [0.15, 0.2) is 0 Å². The van der Waals surface area contributed by atoms with Gasteiger partial charge in [0.05, 0.1) is 0 Å². The Morgan fingerprint density at radius 3 is 1.90 bits per heavy atom. The van der Waals surface area contributed by atoms with Gasteiger partial charge in [-0.2, -0.15) is 0 Å². The molecule has 0 amide bonds. The highest BCUT2D eigenvalue weighted by Gasteiger charge is 2.57. The van der Waals surface area contributed by atoms with Crippen molar-refractivity contribution < 1.29 is 0 Å². The third kappa shape index (κ3) is 1.64. The molecule has 2 nitrogen and oxygen atoms in total. The minimum atomic E-state index is 0.506. The number of para-hydroxylation sites is 2. The SMILES string of the molecule is CC1N(c2ccccc2)CC12CN(c1ccccc1)C2. The van der Waals surface area contributed by atoms with Gasteiger partial charge in [0.1, 0.15) is 0 Å². The monoisotopic (exact) mass is 264 g/mol. The molecule has 1 unspecified atom stereocenters. The van der Waals surface area contributed by atoms with E-state index in [1.807, 2.05) is 0 Å². The lowest BCUT2D eigenvalue weighted by molar-refractivity contribution is 0.0968. The van der Waals surface area contributed by atoms with Crippen molar-refractivity contribution in [2.45, 2.75) is 13.0 Å². The normalized spacial score (nSPS) is 23.4. The lowest BCUT2D eigenvalue weighted by Gasteiger charge is -2.66. The van der Waals surface area contributed by atoms with Crippen LogP contribution in [0, 0.1) is 5.41 Å². The van der Waals surface area contributed by atoms with Crippen LogP contribution in [0.5, 0.6) is 0 Å². The lowest BCUT2D eigenvalue weighted by atomic mass is 9.66. The van der Waals surface area contributed by atoms with Crippen LogP contribution >= 0.6 is 0 Å². The summed E-state index contributed by atoms with van der Waals surface area (Å²) in [4.78, 5) is 5.03. The van der Waals surface area contributed by atoms with Crippen LogP contribution in [0.2, 0.25) is 0 Å². The van der Waals surface area contributed by atoms with Gasteiger partial charge < -0.3 is 9.80 Å². The molecule has 2 aliphatic rings. The van der Waals surface area contributed by atoms with Crippen LogP contribution in [-0.4, -0.2) is 25.7 Å². The van der Waals surface area contributed by atoms with E-state index in [1.165, 1.54) is 31.0 Å². The highest BCUT2D eigenvalue weighted by Crippen LogP contribution is 2.48. The van der Waals surface area contributed by atoms with Crippen molar-refractivity contribution in [2.24, 2.45) is 5.41 Å². The fraction of sp³-hybridized carbons (Fsp3) is 0.333. The molecule has 0 radical (unpaired) electrons. The molecule has 2 heteroatoms. The maximum absolute atomic E-state index is 2.53. The van der Waals surface area contributed by atoms with E-state index < -0.39 is 0 Å². The van der Waals surface area contributed by atoms with Gasteiger partial charge in [-0.25, -0.2) is 0 Å². The van der Waals surface area contributed by atoms with Crippen LogP contribution in [0.3, 0.4) is 0 Å². The summed E-state index contributed by atoms with van der Waals surface area (Å²) >= 11 is 0. The van der Waals surface area contributed by atoms with E-state index in [4.69, 9.17) is 0 Å². The van der Waals surface area contributed by atoms with E-state index in [1.54, 1.807) is 0 Å². The third-order valence-electron chi connectivity index (χ3n) is 5.06. The molecule has 2 heterocycles. The molecule has 0 aromatic heterocycles. The molecule has 0 bridgehead atoms. The Morgan fingerprint density at radius 2 is 1.35 bits per heavy atom. The van der Waals surface area contributed by atoms with Crippen LogP contribution in [0.15, 0.2) is 60.7 Å². The zero-order valence-electron chi connectivity index (χ0n) is 11.9. The highest BCUT2D eigenvalue weighted by atomic mass is 15.3. The van der Waals surface area contributed by atoms with Crippen LogP contribution in [-0.2, 0) is 0 Å². The summed E-state index contributed by atoms with van der Waals surface area (Å²) in [5, 5.41) is 0. The van der Waals surface area contributed by atoms with Crippen LogP contribution in [0.1, 0.15) is 6.92 Å². The van der Waals surface area contributed by atoms with E-state index in [9.17, 15) is 0 Å². The Kier molecular flexibility index (Phi) is 2.53. The zero-order valence-corrected chi connectivity index (χ0v) is 11.9. The molecule has 1 spiro atoms. The molecule has 0 N–H and O–H groups in total. The van der Waals surface area contributed by atoms with Gasteiger partial charge in [-0.05, 0) is 31.2 Å². The minimum absolute atomic E-state index is 0.506. The number of anilines is 2. The molecule has 2 aromatic carbocycles. The highest BCUT2D eigenvalue weighted by molar-refractivity contribution is 5.57. The quantitative estimate of drug-likeness (QED) is 0.820. The van der Waals surface area contributed by atoms with Crippen LogP contribution in [0.25, 0.3) is 0 Å². The Labute approximate surface area is 120 Å². The molecule has 2 fully saturated rings. The van der Waals surface area contributed by atoms with Crippen molar-refractivity contribution in [3.05, 3.63) is 60.7 Å². The standard InChI is InChI=1S/C18H20N2/c1-15-18(14-20(15)17-10-6-3-7-11-17)12-19(13-18)16-8-4-2-5-9-16/h2-11,15H,12-14H2,1H3. The predicted octanol–water partition coefficient (Wildman–Crippen LogP) is 3.40. The molecule has 0 saturated carbocycles. The first-order valence-corrected chi connectivity index (χ1v) is 7.40. The third-order valence-corrected chi connectivity index (χ3v) is 5.06. The molecule has 102 valence electrons. The minimum Gasteiger partial charge on any atom is -0.370 e. The first-order valence-electron chi connectivity index (χ1n) is 7.40. The topological polar surface area (TPSA) is 6.48 Å². The van der Waals surface area contributed by atoms with E-state index in [0.717, 1.165) is 0 Å². The van der Waals surface area contributed by atoms with E-state index in [-0.39, 0.29) is 0 Å². The summed E-state index contributed by atoms with van der Waals surface area (Å²) in [7, 11) is 0. The molecule has 4 rings (SSSR count). The smallest absolute Gasteiger partial charge is 0.0429 e. The molecule has 2 saturated heterocycles. The lowest BCUT2D eigenvalue weighted by Crippen LogP contribution is -2.77. The Hall–Kier alpha value is -1.96. The first kappa shape index (κ1) is 11.8. The second-order valence-corrected chi connectivity index (χ2v) is 6.19. The van der Waals surface area contributed by atoms with Gasteiger partial charge >= 0.3 is 0 Å². The Bertz CT molecular complexity index is 582. The van der Waals surface area contributed by atoms with Crippen molar-refractivity contribution >= 4 is 11.4 Å². The maximum atomic E-state index is 2.53. The molecule has 1 atom stereocenters. The fourth-order valence-corrected chi connectivity index (χ4v) is 3.66. The summed E-state index contributed by atoms with van der Waals surface area (Å²) < 4.78 is 0. The largest absolute Gasteiger partial charge is 0.370 e. The molecule has 0 aliphatic carbocycles. The molecule has 2 aliphatic heterocycles. The van der Waals surface area contributed by atoms with Gasteiger partial charge in [-0.3, -0.25) is 0 Å². The Balaban J connectivity index is 1.44. The number of nitrogens with zero attached hydrogens (tertiary/aromatic N) is 2. The zero-order chi connectivity index (χ0) is 13.6. The van der Waals surface area contributed by atoms with Gasteiger partial charge in [0.25, 0.3) is 0 Å². The number of hydrogen-bond acceptors (Lipinski definition) is 2. The number of benzene rings is 2. The molecule has 2 aromatic rings. The fourth-order valence-electron chi connectivity index (χ4n) is 3.66. The molecule has 20 heavy (non-hydrogen) atoms. The van der Waals surface area contributed by atoms with Gasteiger partial charge in [0.2, 0.25) is 0 Å². The van der Waals surface area contributed by atoms with Crippen molar-refractivity contribution in [3.63, 3.8) is 0 Å². The number of hydrogen-bond donors (Lipinski definition) is 0. The van der Waals surface area contributed by atoms with Crippen molar-refractivity contribution in [3.8, 4) is 0 Å². The van der Waals surface area contributed by atoms with E-state index in [2.05, 4.69) is 77.4 Å². The van der Waals surface area contributed by atoms with Gasteiger partial charge in [-0.1, -0.05) is 36.4 Å². The average Bonchev–Trinajstić information content (AvgIpc) is 2.46. The maximum Gasteiger partial charge on any atom is 0.0429 e. The van der Waals surface area contributed by atoms with Crippen LogP contribution in [0.4, 0.5) is 11.4 Å². The average molecular weight is 264 g/mol. The summed E-state index contributed by atoms with van der Waals surface area (Å²) in [5.41, 5.74) is 3.23. The first-order chi connectivity index (χ1) is 9.78. The molecular weight excluding hydrogens is 244 g/mol. The van der Waals surface area contributed by atoms with Crippen molar-refractivity contribution in [1.82, 2.24) is 0 Å². The van der Waals surface area contributed by atoms with Crippen molar-refractivity contribution in [2.75, 3.05) is 29.4 Å². The van der Waals surface area contributed by atoms with E-state index >= 15 is 0 Å². The predicted molar refractivity (Wildman–Crippen MR) is 84.3 cm³/mol.